The van der Waals surface area contributed by atoms with Crippen LogP contribution in [0.2, 0.25) is 0 Å². The molecule has 0 bridgehead atoms. The molecule has 0 aromatic heterocycles. The van der Waals surface area contributed by atoms with Crippen molar-refractivity contribution in [1.29, 1.82) is 0 Å². The fourth-order valence-electron chi connectivity index (χ4n) is 1.79. The summed E-state index contributed by atoms with van der Waals surface area (Å²) in [6, 6.07) is 3.05. The van der Waals surface area contributed by atoms with Crippen LogP contribution < -0.4 is 15.6 Å². The van der Waals surface area contributed by atoms with Gasteiger partial charge in [-0.1, -0.05) is 13.8 Å². The van der Waals surface area contributed by atoms with E-state index in [0.717, 1.165) is 0 Å². The van der Waals surface area contributed by atoms with Crippen LogP contribution in [0.3, 0.4) is 0 Å². The van der Waals surface area contributed by atoms with Crippen molar-refractivity contribution in [2.75, 3.05) is 0 Å². The molecule has 4 N–H and O–H groups in total. The number of primary amides is 1. The number of hydrogen-bond acceptors (Lipinski definition) is 4. The maximum absolute atomic E-state index is 11.5. The number of carbonyl (C=O) groups excluding carboxylic acids is 1. The number of nitrogens with two attached hydrogens (primary N) is 2. The van der Waals surface area contributed by atoms with Crippen molar-refractivity contribution in [3.05, 3.63) is 23.3 Å². The number of sulfonamides is 1. The van der Waals surface area contributed by atoms with Crippen LogP contribution in [-0.2, 0) is 14.8 Å². The van der Waals surface area contributed by atoms with E-state index in [0.29, 0.717) is 16.9 Å². The average molecular weight is 300 g/mol. The highest BCUT2D eigenvalue weighted by Crippen LogP contribution is 2.32. The molecule has 0 saturated heterocycles. The molecule has 1 aromatic carbocycles. The summed E-state index contributed by atoms with van der Waals surface area (Å²) in [6.45, 7) is 6.93. The van der Waals surface area contributed by atoms with Gasteiger partial charge in [-0.3, -0.25) is 4.79 Å². The molecule has 0 saturated carbocycles. The quantitative estimate of drug-likeness (QED) is 0.845. The molecule has 20 heavy (non-hydrogen) atoms. The Labute approximate surface area is 119 Å². The predicted molar refractivity (Wildman–Crippen MR) is 75.9 cm³/mol. The van der Waals surface area contributed by atoms with Crippen LogP contribution in [0, 0.1) is 6.92 Å². The van der Waals surface area contributed by atoms with E-state index in [9.17, 15) is 13.2 Å². The zero-order valence-corrected chi connectivity index (χ0v) is 12.8. The standard InChI is InChI=1S/C13H20N2O4S/c1-7(2)10-6-12(20(15,17)18)8(3)5-11(10)19-9(4)13(14)16/h5-7,9H,1-4H3,(H2,14,16)(H2,15,17,18). The van der Waals surface area contributed by atoms with Crippen LogP contribution in [0.15, 0.2) is 17.0 Å². The number of aryl methyl sites for hydroxylation is 1. The number of carbonyl (C=O) groups is 1. The molecule has 112 valence electrons. The summed E-state index contributed by atoms with van der Waals surface area (Å²) < 4.78 is 28.6. The van der Waals surface area contributed by atoms with Gasteiger partial charge in [-0.2, -0.15) is 0 Å². The maximum atomic E-state index is 11.5. The zero-order valence-electron chi connectivity index (χ0n) is 12.0. The van der Waals surface area contributed by atoms with Gasteiger partial charge >= 0.3 is 0 Å². The minimum Gasteiger partial charge on any atom is -0.481 e. The Morgan fingerprint density at radius 2 is 1.80 bits per heavy atom. The third kappa shape index (κ3) is 3.71. The summed E-state index contributed by atoms with van der Waals surface area (Å²) in [7, 11) is -3.80. The van der Waals surface area contributed by atoms with E-state index in [1.54, 1.807) is 13.0 Å². The molecule has 1 aromatic rings. The van der Waals surface area contributed by atoms with Gasteiger partial charge in [0.05, 0.1) is 4.90 Å². The second-order valence-corrected chi connectivity index (χ2v) is 6.55. The maximum Gasteiger partial charge on any atom is 0.258 e. The number of ether oxygens (including phenoxy) is 1. The monoisotopic (exact) mass is 300 g/mol. The molecule has 7 heteroatoms. The zero-order chi connectivity index (χ0) is 15.7. The smallest absolute Gasteiger partial charge is 0.258 e. The molecule has 0 aliphatic rings. The van der Waals surface area contributed by atoms with Crippen LogP contribution in [0.4, 0.5) is 0 Å². The third-order valence-corrected chi connectivity index (χ3v) is 3.99. The van der Waals surface area contributed by atoms with Crippen molar-refractivity contribution in [3.63, 3.8) is 0 Å². The fraction of sp³-hybridized carbons (Fsp3) is 0.462. The van der Waals surface area contributed by atoms with E-state index < -0.39 is 22.0 Å². The van der Waals surface area contributed by atoms with E-state index >= 15 is 0 Å². The minimum absolute atomic E-state index is 0.00572. The van der Waals surface area contributed by atoms with Crippen LogP contribution in [0.25, 0.3) is 0 Å². The normalized spacial score (nSPS) is 13.3. The van der Waals surface area contributed by atoms with Crippen molar-refractivity contribution < 1.29 is 17.9 Å². The Morgan fingerprint density at radius 3 is 2.20 bits per heavy atom. The summed E-state index contributed by atoms with van der Waals surface area (Å²) in [6.07, 6.45) is -0.799. The Balaban J connectivity index is 3.39. The van der Waals surface area contributed by atoms with Gasteiger partial charge in [0.1, 0.15) is 5.75 Å². The lowest BCUT2D eigenvalue weighted by molar-refractivity contribution is -0.124. The lowest BCUT2D eigenvalue weighted by Gasteiger charge is -2.19. The van der Waals surface area contributed by atoms with Crippen molar-refractivity contribution >= 4 is 15.9 Å². The largest absolute Gasteiger partial charge is 0.481 e. The van der Waals surface area contributed by atoms with Gasteiger partial charge in [-0.25, -0.2) is 13.6 Å². The molecule has 0 radical (unpaired) electrons. The van der Waals surface area contributed by atoms with Gasteiger partial charge in [-0.15, -0.1) is 0 Å². The second-order valence-electron chi connectivity index (χ2n) is 5.02. The molecule has 0 heterocycles. The molecule has 0 aliphatic heterocycles. The third-order valence-electron chi connectivity index (χ3n) is 2.94. The lowest BCUT2D eigenvalue weighted by Crippen LogP contribution is -2.31. The number of hydrogen-bond donors (Lipinski definition) is 2. The van der Waals surface area contributed by atoms with Gasteiger partial charge in [0.15, 0.2) is 6.10 Å². The van der Waals surface area contributed by atoms with Gasteiger partial charge in [0.2, 0.25) is 10.0 Å². The first-order valence-corrected chi connectivity index (χ1v) is 7.72. The van der Waals surface area contributed by atoms with Crippen molar-refractivity contribution in [2.24, 2.45) is 10.9 Å². The lowest BCUT2D eigenvalue weighted by atomic mass is 10.0. The summed E-state index contributed by atoms with van der Waals surface area (Å²) in [4.78, 5) is 11.1. The summed E-state index contributed by atoms with van der Waals surface area (Å²) in [5, 5.41) is 5.18. The van der Waals surface area contributed by atoms with E-state index in [1.807, 2.05) is 13.8 Å². The summed E-state index contributed by atoms with van der Waals surface area (Å²) >= 11 is 0. The second kappa shape index (κ2) is 5.80. The molecular weight excluding hydrogens is 280 g/mol. The van der Waals surface area contributed by atoms with Crippen molar-refractivity contribution in [1.82, 2.24) is 0 Å². The first kappa shape index (κ1) is 16.5. The predicted octanol–water partition coefficient (Wildman–Crippen LogP) is 1.02. The Bertz CT molecular complexity index is 624. The summed E-state index contributed by atoms with van der Waals surface area (Å²) in [5.74, 6) is -0.143. The topological polar surface area (TPSA) is 112 Å². The Hall–Kier alpha value is -1.60. The Kier molecular flexibility index (Phi) is 4.77. The minimum atomic E-state index is -3.80. The molecule has 0 spiro atoms. The van der Waals surface area contributed by atoms with E-state index in [2.05, 4.69) is 0 Å². The van der Waals surface area contributed by atoms with Crippen LogP contribution >= 0.6 is 0 Å². The number of benzene rings is 1. The van der Waals surface area contributed by atoms with Crippen LogP contribution in [-0.4, -0.2) is 20.4 Å². The van der Waals surface area contributed by atoms with E-state index in [-0.39, 0.29) is 10.8 Å². The molecule has 1 amide bonds. The van der Waals surface area contributed by atoms with Gasteiger partial charge in [-0.05, 0) is 43.0 Å². The van der Waals surface area contributed by atoms with Gasteiger partial charge < -0.3 is 10.5 Å². The molecule has 1 unspecified atom stereocenters. The SMILES string of the molecule is Cc1cc(OC(C)C(N)=O)c(C(C)C)cc1S(N)(=O)=O. The van der Waals surface area contributed by atoms with E-state index in [1.165, 1.54) is 13.0 Å². The molecule has 0 aliphatic carbocycles. The molecule has 1 rings (SSSR count). The van der Waals surface area contributed by atoms with Gasteiger partial charge in [0, 0.05) is 0 Å². The molecule has 6 nitrogen and oxygen atoms in total. The number of primary sulfonamides is 1. The molecule has 0 fully saturated rings. The van der Waals surface area contributed by atoms with Crippen LogP contribution in [0.5, 0.6) is 5.75 Å². The highest BCUT2D eigenvalue weighted by Gasteiger charge is 2.20. The van der Waals surface area contributed by atoms with Crippen molar-refractivity contribution in [3.8, 4) is 5.75 Å². The number of amides is 1. The first-order valence-electron chi connectivity index (χ1n) is 6.17. The first-order chi connectivity index (χ1) is 9.04. The average Bonchev–Trinajstić information content (AvgIpc) is 2.26. The Morgan fingerprint density at radius 1 is 1.25 bits per heavy atom. The van der Waals surface area contributed by atoms with Crippen molar-refractivity contribution in [2.45, 2.75) is 44.6 Å². The van der Waals surface area contributed by atoms with E-state index in [4.69, 9.17) is 15.6 Å². The number of rotatable bonds is 5. The van der Waals surface area contributed by atoms with Gasteiger partial charge in [0.25, 0.3) is 5.91 Å². The molecular formula is C13H20N2O4S. The van der Waals surface area contributed by atoms with Crippen LogP contribution in [0.1, 0.15) is 37.8 Å². The summed E-state index contributed by atoms with van der Waals surface area (Å²) in [5.41, 5.74) is 6.29. The highest BCUT2D eigenvalue weighted by atomic mass is 32.2. The molecule has 1 atom stereocenters. The fourth-order valence-corrected chi connectivity index (χ4v) is 2.58. The highest BCUT2D eigenvalue weighted by molar-refractivity contribution is 7.89.